The molecule has 2 fully saturated rings. The first-order valence-corrected chi connectivity index (χ1v) is 8.93. The molecule has 3 rings (SSSR count). The van der Waals surface area contributed by atoms with Gasteiger partial charge in [-0.1, -0.05) is 0 Å². The normalized spacial score (nSPS) is 28.8. The fourth-order valence-electron chi connectivity index (χ4n) is 3.50. The molecule has 0 saturated carbocycles. The topological polar surface area (TPSA) is 90.8 Å². The molecule has 0 bridgehead atoms. The summed E-state index contributed by atoms with van der Waals surface area (Å²) in [5.74, 6) is -1.12. The molecule has 0 radical (unpaired) electrons. The van der Waals surface area contributed by atoms with Crippen LogP contribution in [0.5, 0.6) is 0 Å². The Hall–Kier alpha value is -1.67. The number of fused-ring (bicyclic) bond motifs is 1. The molecule has 2 atom stereocenters. The van der Waals surface area contributed by atoms with Gasteiger partial charge < -0.3 is 10.0 Å². The van der Waals surface area contributed by atoms with Crippen LogP contribution in [0.1, 0.15) is 5.69 Å². The summed E-state index contributed by atoms with van der Waals surface area (Å²) in [6.07, 6.45) is 2.84. The molecule has 7 nitrogen and oxygen atoms in total. The first-order chi connectivity index (χ1) is 10.2. The lowest BCUT2D eigenvalue weighted by atomic mass is 9.81. The van der Waals surface area contributed by atoms with E-state index in [2.05, 4.69) is 4.98 Å². The highest BCUT2D eigenvalue weighted by molar-refractivity contribution is 7.88. The van der Waals surface area contributed by atoms with Crippen molar-refractivity contribution < 1.29 is 18.3 Å². The summed E-state index contributed by atoms with van der Waals surface area (Å²) < 4.78 is 24.8. The third-order valence-electron chi connectivity index (χ3n) is 4.72. The molecule has 2 aliphatic rings. The molecule has 22 heavy (non-hydrogen) atoms. The Morgan fingerprint density at radius 2 is 2.14 bits per heavy atom. The molecule has 0 amide bonds. The summed E-state index contributed by atoms with van der Waals surface area (Å²) in [4.78, 5) is 18.0. The van der Waals surface area contributed by atoms with Gasteiger partial charge in [0.25, 0.3) is 0 Å². The van der Waals surface area contributed by atoms with Crippen molar-refractivity contribution >= 4 is 21.7 Å². The molecule has 2 saturated heterocycles. The standard InChI is InChI=1S/C14H19N3O4S/c1-10-5-12(3-4-15-10)16-6-11-7-17(22(2,20)21)9-14(11,8-16)13(18)19/h3-5,11H,6-9H2,1-2H3,(H,18,19)/t11-,14-/m0/s1. The number of hydrogen-bond acceptors (Lipinski definition) is 5. The van der Waals surface area contributed by atoms with Crippen LogP contribution in [0.2, 0.25) is 0 Å². The van der Waals surface area contributed by atoms with E-state index in [9.17, 15) is 18.3 Å². The summed E-state index contributed by atoms with van der Waals surface area (Å²) in [6, 6.07) is 3.78. The minimum absolute atomic E-state index is 0.0480. The van der Waals surface area contributed by atoms with E-state index in [1.54, 1.807) is 6.20 Å². The number of pyridine rings is 1. The summed E-state index contributed by atoms with van der Waals surface area (Å²) in [5, 5.41) is 9.72. The van der Waals surface area contributed by atoms with Crippen LogP contribution in [0.4, 0.5) is 5.69 Å². The number of anilines is 1. The zero-order chi connectivity index (χ0) is 16.1. The van der Waals surface area contributed by atoms with E-state index < -0.39 is 21.4 Å². The molecule has 1 N–H and O–H groups in total. The van der Waals surface area contributed by atoms with Crippen LogP contribution in [0.25, 0.3) is 0 Å². The van der Waals surface area contributed by atoms with Crippen LogP contribution in [-0.2, 0) is 14.8 Å². The van der Waals surface area contributed by atoms with Crippen molar-refractivity contribution in [2.24, 2.45) is 11.3 Å². The number of carbonyl (C=O) groups is 1. The van der Waals surface area contributed by atoms with Crippen molar-refractivity contribution in [3.8, 4) is 0 Å². The van der Waals surface area contributed by atoms with Crippen molar-refractivity contribution in [3.63, 3.8) is 0 Å². The lowest BCUT2D eigenvalue weighted by Crippen LogP contribution is -2.41. The van der Waals surface area contributed by atoms with E-state index in [-0.39, 0.29) is 19.0 Å². The maximum absolute atomic E-state index is 11.9. The molecule has 0 unspecified atom stereocenters. The molecule has 8 heteroatoms. The molecular weight excluding hydrogens is 306 g/mol. The highest BCUT2D eigenvalue weighted by Crippen LogP contribution is 2.44. The average Bonchev–Trinajstić information content (AvgIpc) is 2.92. The number of aromatic nitrogens is 1. The fraction of sp³-hybridized carbons (Fsp3) is 0.571. The highest BCUT2D eigenvalue weighted by Gasteiger charge is 2.59. The Kier molecular flexibility index (Phi) is 3.41. The predicted octanol–water partition coefficient (Wildman–Crippen LogP) is 0.172. The predicted molar refractivity (Wildman–Crippen MR) is 81.2 cm³/mol. The minimum Gasteiger partial charge on any atom is -0.481 e. The van der Waals surface area contributed by atoms with Crippen LogP contribution in [0.15, 0.2) is 18.3 Å². The first kappa shape index (κ1) is 15.2. The van der Waals surface area contributed by atoms with Gasteiger partial charge in [0, 0.05) is 49.7 Å². The maximum Gasteiger partial charge on any atom is 0.313 e. The van der Waals surface area contributed by atoms with Crippen LogP contribution in [0.3, 0.4) is 0 Å². The summed E-state index contributed by atoms with van der Waals surface area (Å²) in [5.41, 5.74) is 0.783. The van der Waals surface area contributed by atoms with Gasteiger partial charge in [-0.15, -0.1) is 0 Å². The number of sulfonamides is 1. The van der Waals surface area contributed by atoms with Gasteiger partial charge in [-0.3, -0.25) is 9.78 Å². The molecule has 120 valence electrons. The minimum atomic E-state index is -3.36. The second-order valence-corrected chi connectivity index (χ2v) is 8.23. The number of carboxylic acids is 1. The molecule has 3 heterocycles. The molecule has 2 aliphatic heterocycles. The van der Waals surface area contributed by atoms with Crippen molar-refractivity contribution in [2.45, 2.75) is 6.92 Å². The van der Waals surface area contributed by atoms with Gasteiger partial charge in [-0.25, -0.2) is 12.7 Å². The van der Waals surface area contributed by atoms with E-state index >= 15 is 0 Å². The number of hydrogen-bond donors (Lipinski definition) is 1. The van der Waals surface area contributed by atoms with Crippen molar-refractivity contribution in [3.05, 3.63) is 24.0 Å². The van der Waals surface area contributed by atoms with E-state index in [1.807, 2.05) is 24.0 Å². The lowest BCUT2D eigenvalue weighted by Gasteiger charge is -2.25. The van der Waals surface area contributed by atoms with E-state index in [4.69, 9.17) is 0 Å². The van der Waals surface area contributed by atoms with Crippen LogP contribution < -0.4 is 4.90 Å². The Morgan fingerprint density at radius 1 is 1.41 bits per heavy atom. The monoisotopic (exact) mass is 325 g/mol. The van der Waals surface area contributed by atoms with Gasteiger partial charge in [0.15, 0.2) is 0 Å². The number of nitrogens with zero attached hydrogens (tertiary/aromatic N) is 3. The zero-order valence-electron chi connectivity index (χ0n) is 12.6. The van der Waals surface area contributed by atoms with Crippen molar-refractivity contribution in [1.29, 1.82) is 0 Å². The van der Waals surface area contributed by atoms with Crippen LogP contribution >= 0.6 is 0 Å². The molecule has 1 aromatic heterocycles. The van der Waals surface area contributed by atoms with Crippen molar-refractivity contribution in [2.75, 3.05) is 37.3 Å². The smallest absolute Gasteiger partial charge is 0.313 e. The first-order valence-electron chi connectivity index (χ1n) is 7.08. The van der Waals surface area contributed by atoms with E-state index in [1.165, 1.54) is 4.31 Å². The van der Waals surface area contributed by atoms with Gasteiger partial charge in [0.05, 0.1) is 6.26 Å². The van der Waals surface area contributed by atoms with Gasteiger partial charge in [-0.2, -0.15) is 0 Å². The summed E-state index contributed by atoms with van der Waals surface area (Å²) in [6.45, 7) is 3.07. The van der Waals surface area contributed by atoms with E-state index in [0.717, 1.165) is 17.6 Å². The molecular formula is C14H19N3O4S. The van der Waals surface area contributed by atoms with E-state index in [0.29, 0.717) is 13.1 Å². The maximum atomic E-state index is 11.9. The quantitative estimate of drug-likeness (QED) is 0.852. The zero-order valence-corrected chi connectivity index (χ0v) is 13.4. The number of rotatable bonds is 3. The van der Waals surface area contributed by atoms with Gasteiger partial charge in [0.2, 0.25) is 10.0 Å². The van der Waals surface area contributed by atoms with Gasteiger partial charge >= 0.3 is 5.97 Å². The van der Waals surface area contributed by atoms with Crippen LogP contribution in [0, 0.1) is 18.3 Å². The number of aliphatic carboxylic acids is 1. The second kappa shape index (κ2) is 4.92. The number of carboxylic acid groups (broad SMARTS) is 1. The Bertz CT molecular complexity index is 721. The third-order valence-corrected chi connectivity index (χ3v) is 5.93. The average molecular weight is 325 g/mol. The Labute approximate surface area is 129 Å². The Morgan fingerprint density at radius 3 is 2.68 bits per heavy atom. The molecule has 0 aliphatic carbocycles. The summed E-state index contributed by atoms with van der Waals surface area (Å²) in [7, 11) is -3.36. The molecule has 1 aromatic rings. The molecule has 0 aromatic carbocycles. The lowest BCUT2D eigenvalue weighted by molar-refractivity contribution is -0.148. The van der Waals surface area contributed by atoms with Crippen LogP contribution in [-0.4, -0.2) is 61.2 Å². The molecule has 0 spiro atoms. The Balaban J connectivity index is 1.90. The largest absolute Gasteiger partial charge is 0.481 e. The second-order valence-electron chi connectivity index (χ2n) is 6.25. The number of aryl methyl sites for hydroxylation is 1. The fourth-order valence-corrected chi connectivity index (χ4v) is 4.41. The SMILES string of the molecule is Cc1cc(N2C[C@H]3CN(S(C)(=O)=O)C[C@@]3(C(=O)O)C2)ccn1. The van der Waals surface area contributed by atoms with Crippen molar-refractivity contribution in [1.82, 2.24) is 9.29 Å². The summed E-state index contributed by atoms with van der Waals surface area (Å²) >= 11 is 0. The third kappa shape index (κ3) is 2.36. The highest BCUT2D eigenvalue weighted by atomic mass is 32.2. The van der Waals surface area contributed by atoms with Gasteiger partial charge in [0.1, 0.15) is 5.41 Å². The van der Waals surface area contributed by atoms with Gasteiger partial charge in [-0.05, 0) is 19.1 Å².